The largest absolute Gasteiger partial charge is 0.351 e. The van der Waals surface area contributed by atoms with Crippen molar-refractivity contribution in [3.05, 3.63) is 32.9 Å². The topological polar surface area (TPSA) is 29.1 Å². The van der Waals surface area contributed by atoms with Crippen LogP contribution in [0.2, 0.25) is 0 Å². The molecule has 0 aromatic heterocycles. The number of halogens is 1. The zero-order valence-corrected chi connectivity index (χ0v) is 10.5. The van der Waals surface area contributed by atoms with E-state index in [2.05, 4.69) is 34.0 Å². The molecule has 0 saturated heterocycles. The van der Waals surface area contributed by atoms with E-state index in [-0.39, 0.29) is 5.91 Å². The molecule has 1 unspecified atom stereocenters. The number of amides is 1. The fraction of sp³-hybridized carbons (Fsp3) is 0.417. The first-order valence-electron chi connectivity index (χ1n) is 5.33. The third kappa shape index (κ3) is 1.67. The minimum atomic E-state index is 0.0956. The quantitative estimate of drug-likeness (QED) is 0.793. The molecule has 3 heteroatoms. The number of hydrogen-bond acceptors (Lipinski definition) is 1. The van der Waals surface area contributed by atoms with E-state index in [1.165, 1.54) is 22.0 Å². The molecular formula is C12H12INO. The number of benzene rings is 1. The summed E-state index contributed by atoms with van der Waals surface area (Å²) in [6, 6.07) is 6.15. The first-order valence-corrected chi connectivity index (χ1v) is 6.41. The van der Waals surface area contributed by atoms with Crippen LogP contribution in [0.3, 0.4) is 0 Å². The summed E-state index contributed by atoms with van der Waals surface area (Å²) in [6.45, 7) is 0.830. The minimum Gasteiger partial charge on any atom is -0.351 e. The van der Waals surface area contributed by atoms with E-state index in [1.54, 1.807) is 0 Å². The molecule has 0 radical (unpaired) electrons. The molecule has 1 atom stereocenters. The normalized spacial score (nSPS) is 24.6. The van der Waals surface area contributed by atoms with E-state index < -0.39 is 0 Å². The lowest BCUT2D eigenvalue weighted by atomic mass is 9.87. The average molecular weight is 313 g/mol. The van der Waals surface area contributed by atoms with E-state index >= 15 is 0 Å². The van der Waals surface area contributed by atoms with Gasteiger partial charge in [0.25, 0.3) is 5.91 Å². The number of hydrogen-bond donors (Lipinski definition) is 1. The number of carbonyl (C=O) groups is 1. The average Bonchev–Trinajstić information content (AvgIpc) is 3.02. The van der Waals surface area contributed by atoms with Gasteiger partial charge in [0.15, 0.2) is 0 Å². The summed E-state index contributed by atoms with van der Waals surface area (Å²) in [4.78, 5) is 11.7. The molecule has 1 N–H and O–H groups in total. The van der Waals surface area contributed by atoms with Gasteiger partial charge in [-0.05, 0) is 65.1 Å². The van der Waals surface area contributed by atoms with Crippen molar-refractivity contribution in [1.82, 2.24) is 5.32 Å². The van der Waals surface area contributed by atoms with Crippen molar-refractivity contribution in [1.29, 1.82) is 0 Å². The van der Waals surface area contributed by atoms with Crippen molar-refractivity contribution >= 4 is 28.5 Å². The molecule has 1 aliphatic heterocycles. The van der Waals surface area contributed by atoms with E-state index in [4.69, 9.17) is 0 Å². The van der Waals surface area contributed by atoms with Gasteiger partial charge in [-0.25, -0.2) is 0 Å². The molecule has 1 saturated carbocycles. The predicted molar refractivity (Wildman–Crippen MR) is 67.0 cm³/mol. The summed E-state index contributed by atoms with van der Waals surface area (Å²) in [7, 11) is 0. The monoisotopic (exact) mass is 313 g/mol. The molecule has 3 rings (SSSR count). The molecule has 0 bridgehead atoms. The van der Waals surface area contributed by atoms with Crippen LogP contribution in [0.5, 0.6) is 0 Å². The van der Waals surface area contributed by atoms with Crippen molar-refractivity contribution in [3.63, 3.8) is 0 Å². The van der Waals surface area contributed by atoms with E-state index in [0.717, 1.165) is 18.0 Å². The van der Waals surface area contributed by atoms with Gasteiger partial charge in [0.05, 0.1) is 0 Å². The second-order valence-electron chi connectivity index (χ2n) is 4.39. The summed E-state index contributed by atoms with van der Waals surface area (Å²) in [5.41, 5.74) is 2.16. The molecule has 1 amide bonds. The fourth-order valence-electron chi connectivity index (χ4n) is 2.37. The summed E-state index contributed by atoms with van der Waals surface area (Å²) >= 11 is 2.32. The Bertz CT molecular complexity index is 426. The van der Waals surface area contributed by atoms with Gasteiger partial charge in [0.2, 0.25) is 0 Å². The zero-order chi connectivity index (χ0) is 10.4. The maximum Gasteiger partial charge on any atom is 0.251 e. The SMILES string of the molecule is O=C1NCC(C2CC2)c2cc(I)ccc21. The maximum absolute atomic E-state index is 11.7. The minimum absolute atomic E-state index is 0.0956. The lowest BCUT2D eigenvalue weighted by Gasteiger charge is -2.25. The van der Waals surface area contributed by atoms with Crippen LogP contribution in [0.15, 0.2) is 18.2 Å². The number of fused-ring (bicyclic) bond motifs is 1. The molecule has 1 aromatic rings. The lowest BCUT2D eigenvalue weighted by Crippen LogP contribution is -2.35. The van der Waals surface area contributed by atoms with Crippen LogP contribution in [0.25, 0.3) is 0 Å². The highest BCUT2D eigenvalue weighted by Crippen LogP contribution is 2.44. The van der Waals surface area contributed by atoms with Crippen LogP contribution in [-0.4, -0.2) is 12.5 Å². The van der Waals surface area contributed by atoms with Crippen molar-refractivity contribution in [2.75, 3.05) is 6.54 Å². The lowest BCUT2D eigenvalue weighted by molar-refractivity contribution is 0.0938. The molecule has 78 valence electrons. The second kappa shape index (κ2) is 3.47. The molecule has 2 nitrogen and oxygen atoms in total. The second-order valence-corrected chi connectivity index (χ2v) is 5.63. The Morgan fingerprint density at radius 3 is 2.87 bits per heavy atom. The standard InChI is InChI=1S/C12H12INO/c13-8-3-4-9-10(5-8)11(7-1-2-7)6-14-12(9)15/h3-5,7,11H,1-2,6H2,(H,14,15). The number of nitrogens with one attached hydrogen (secondary N) is 1. The Balaban J connectivity index is 2.09. The van der Waals surface area contributed by atoms with Crippen LogP contribution in [0.1, 0.15) is 34.7 Å². The molecule has 15 heavy (non-hydrogen) atoms. The molecule has 1 aliphatic carbocycles. The third-order valence-corrected chi connectivity index (χ3v) is 4.00. The first kappa shape index (κ1) is 9.63. The maximum atomic E-state index is 11.7. The van der Waals surface area contributed by atoms with Gasteiger partial charge in [-0.3, -0.25) is 4.79 Å². The van der Waals surface area contributed by atoms with E-state index in [9.17, 15) is 4.79 Å². The third-order valence-electron chi connectivity index (χ3n) is 3.33. The van der Waals surface area contributed by atoms with Gasteiger partial charge >= 0.3 is 0 Å². The molecule has 1 fully saturated rings. The molecular weight excluding hydrogens is 301 g/mol. The highest BCUT2D eigenvalue weighted by Gasteiger charge is 2.36. The Kier molecular flexibility index (Phi) is 2.23. The van der Waals surface area contributed by atoms with E-state index in [1.807, 2.05) is 12.1 Å². The van der Waals surface area contributed by atoms with Crippen molar-refractivity contribution in [3.8, 4) is 0 Å². The first-order chi connectivity index (χ1) is 7.25. The van der Waals surface area contributed by atoms with Gasteiger partial charge in [0, 0.05) is 21.6 Å². The number of carbonyl (C=O) groups excluding carboxylic acids is 1. The molecule has 0 spiro atoms. The molecule has 2 aliphatic rings. The summed E-state index contributed by atoms with van der Waals surface area (Å²) in [5, 5.41) is 2.99. The van der Waals surface area contributed by atoms with Crippen LogP contribution in [0.4, 0.5) is 0 Å². The predicted octanol–water partition coefficient (Wildman–Crippen LogP) is 2.53. The van der Waals surface area contributed by atoms with E-state index in [0.29, 0.717) is 5.92 Å². The molecule has 1 aromatic carbocycles. The van der Waals surface area contributed by atoms with Crippen LogP contribution >= 0.6 is 22.6 Å². The summed E-state index contributed by atoms with van der Waals surface area (Å²) in [6.07, 6.45) is 2.65. The van der Waals surface area contributed by atoms with Gasteiger partial charge in [-0.15, -0.1) is 0 Å². The van der Waals surface area contributed by atoms with Gasteiger partial charge in [-0.1, -0.05) is 0 Å². The zero-order valence-electron chi connectivity index (χ0n) is 8.29. The smallest absolute Gasteiger partial charge is 0.251 e. The van der Waals surface area contributed by atoms with Gasteiger partial charge in [-0.2, -0.15) is 0 Å². The van der Waals surface area contributed by atoms with Crippen molar-refractivity contribution < 1.29 is 4.79 Å². The Hall–Kier alpha value is -0.580. The fourth-order valence-corrected chi connectivity index (χ4v) is 2.89. The van der Waals surface area contributed by atoms with Crippen LogP contribution in [-0.2, 0) is 0 Å². The van der Waals surface area contributed by atoms with Gasteiger partial charge in [0.1, 0.15) is 0 Å². The van der Waals surface area contributed by atoms with Crippen LogP contribution in [0, 0.1) is 9.49 Å². The summed E-state index contributed by atoms with van der Waals surface area (Å²) in [5.74, 6) is 1.47. The highest BCUT2D eigenvalue weighted by molar-refractivity contribution is 14.1. The highest BCUT2D eigenvalue weighted by atomic mass is 127. The van der Waals surface area contributed by atoms with Crippen LogP contribution < -0.4 is 5.32 Å². The Morgan fingerprint density at radius 1 is 1.33 bits per heavy atom. The Labute approximate surface area is 103 Å². The van der Waals surface area contributed by atoms with Crippen molar-refractivity contribution in [2.45, 2.75) is 18.8 Å². The molecule has 1 heterocycles. The van der Waals surface area contributed by atoms with Gasteiger partial charge < -0.3 is 5.32 Å². The van der Waals surface area contributed by atoms with Crippen molar-refractivity contribution in [2.24, 2.45) is 5.92 Å². The summed E-state index contributed by atoms with van der Waals surface area (Å²) < 4.78 is 1.23. The number of rotatable bonds is 1. The Morgan fingerprint density at radius 2 is 2.13 bits per heavy atom.